The summed E-state index contributed by atoms with van der Waals surface area (Å²) in [6, 6.07) is 16.8. The number of nitrogens with zero attached hydrogens (tertiary/aromatic N) is 3. The van der Waals surface area contributed by atoms with E-state index in [9.17, 15) is 14.4 Å². The Morgan fingerprint density at radius 2 is 1.49 bits per heavy atom. The van der Waals surface area contributed by atoms with Gasteiger partial charge < -0.3 is 15.1 Å². The van der Waals surface area contributed by atoms with E-state index < -0.39 is 11.8 Å². The largest absolute Gasteiger partial charge is 0.356 e. The highest BCUT2D eigenvalue weighted by Crippen LogP contribution is 2.27. The number of rotatable bonds is 5. The number of carbonyl (C=O) groups excluding carboxylic acids is 3. The van der Waals surface area contributed by atoms with E-state index in [1.165, 1.54) is 6.42 Å². The number of hydrogen-bond donors (Lipinski definition) is 1. The molecule has 0 saturated carbocycles. The van der Waals surface area contributed by atoms with Crippen LogP contribution in [-0.4, -0.2) is 53.7 Å². The lowest BCUT2D eigenvalue weighted by Gasteiger charge is -2.29. The molecule has 3 aromatic rings. The van der Waals surface area contributed by atoms with E-state index in [1.54, 1.807) is 35.2 Å². The van der Waals surface area contributed by atoms with Crippen LogP contribution in [0.1, 0.15) is 54.4 Å². The minimum atomic E-state index is -0.644. The molecular weight excluding hydrogens is 464 g/mol. The smallest absolute Gasteiger partial charge is 0.313 e. The van der Waals surface area contributed by atoms with Gasteiger partial charge in [-0.05, 0) is 87.1 Å². The number of pyridine rings is 1. The van der Waals surface area contributed by atoms with Gasteiger partial charge >= 0.3 is 11.8 Å². The van der Waals surface area contributed by atoms with Crippen molar-refractivity contribution in [2.24, 2.45) is 0 Å². The molecule has 190 valence electrons. The SMILES string of the molecule is O=C(Nc1ccc(C(=O)C=Cc2cc3ccccc3nc2N2CCCCC2)cc1)C(=O)N1CCCCC1. The van der Waals surface area contributed by atoms with E-state index in [2.05, 4.69) is 16.3 Å². The van der Waals surface area contributed by atoms with Gasteiger partial charge in [0.2, 0.25) is 0 Å². The number of amides is 2. The zero-order chi connectivity index (χ0) is 25.6. The highest BCUT2D eigenvalue weighted by atomic mass is 16.2. The van der Waals surface area contributed by atoms with E-state index in [4.69, 9.17) is 4.98 Å². The number of para-hydroxylation sites is 1. The van der Waals surface area contributed by atoms with Gasteiger partial charge in [0.05, 0.1) is 5.52 Å². The molecule has 0 unspecified atom stereocenters. The summed E-state index contributed by atoms with van der Waals surface area (Å²) >= 11 is 0. The second-order valence-electron chi connectivity index (χ2n) is 9.72. The van der Waals surface area contributed by atoms with E-state index in [0.29, 0.717) is 24.3 Å². The van der Waals surface area contributed by atoms with Crippen LogP contribution in [0, 0.1) is 0 Å². The lowest BCUT2D eigenvalue weighted by atomic mass is 10.1. The molecule has 2 aromatic carbocycles. The van der Waals surface area contributed by atoms with Crippen molar-refractivity contribution in [3.05, 3.63) is 71.8 Å². The first-order valence-corrected chi connectivity index (χ1v) is 13.2. The summed E-state index contributed by atoms with van der Waals surface area (Å²) in [5.74, 6) is -0.370. The molecule has 2 aliphatic heterocycles. The van der Waals surface area contributed by atoms with Gasteiger partial charge in [0.15, 0.2) is 5.78 Å². The minimum absolute atomic E-state index is 0.139. The van der Waals surface area contributed by atoms with Gasteiger partial charge in [0.1, 0.15) is 5.82 Å². The molecular formula is C30H32N4O3. The van der Waals surface area contributed by atoms with E-state index in [0.717, 1.165) is 67.5 Å². The van der Waals surface area contributed by atoms with Crippen LogP contribution in [0.15, 0.2) is 60.7 Å². The number of nitrogens with one attached hydrogen (secondary N) is 1. The van der Waals surface area contributed by atoms with Crippen LogP contribution < -0.4 is 10.2 Å². The van der Waals surface area contributed by atoms with Gasteiger partial charge in [-0.2, -0.15) is 0 Å². The number of carbonyl (C=O) groups is 3. The maximum absolute atomic E-state index is 12.9. The molecule has 0 atom stereocenters. The average molecular weight is 497 g/mol. The monoisotopic (exact) mass is 496 g/mol. The quantitative estimate of drug-likeness (QED) is 0.303. The fourth-order valence-electron chi connectivity index (χ4n) is 5.01. The molecule has 5 rings (SSSR count). The Labute approximate surface area is 217 Å². The molecule has 0 radical (unpaired) electrons. The molecule has 0 spiro atoms. The number of benzene rings is 2. The molecule has 1 aromatic heterocycles. The fraction of sp³-hybridized carbons (Fsp3) is 0.333. The molecule has 2 amide bonds. The molecule has 0 bridgehead atoms. The average Bonchev–Trinajstić information content (AvgIpc) is 2.96. The first-order chi connectivity index (χ1) is 18.1. The molecule has 2 fully saturated rings. The lowest BCUT2D eigenvalue weighted by molar-refractivity contribution is -0.143. The van der Waals surface area contributed by atoms with Crippen LogP contribution in [0.3, 0.4) is 0 Å². The Morgan fingerprint density at radius 1 is 0.811 bits per heavy atom. The Balaban J connectivity index is 1.29. The van der Waals surface area contributed by atoms with E-state index in [-0.39, 0.29) is 5.78 Å². The minimum Gasteiger partial charge on any atom is -0.356 e. The van der Waals surface area contributed by atoms with E-state index >= 15 is 0 Å². The van der Waals surface area contributed by atoms with Crippen LogP contribution in [0.2, 0.25) is 0 Å². The van der Waals surface area contributed by atoms with Crippen LogP contribution in [-0.2, 0) is 9.59 Å². The predicted octanol–water partition coefficient (Wildman–Crippen LogP) is 5.07. The highest BCUT2D eigenvalue weighted by Gasteiger charge is 2.23. The third kappa shape index (κ3) is 5.88. The van der Waals surface area contributed by atoms with E-state index in [1.807, 2.05) is 30.3 Å². The number of fused-ring (bicyclic) bond motifs is 1. The van der Waals surface area contributed by atoms with Gasteiger partial charge in [-0.25, -0.2) is 4.98 Å². The maximum Gasteiger partial charge on any atom is 0.313 e. The predicted molar refractivity (Wildman–Crippen MR) is 147 cm³/mol. The Bertz CT molecular complexity index is 1320. The maximum atomic E-state index is 12.9. The highest BCUT2D eigenvalue weighted by molar-refractivity contribution is 6.39. The molecule has 3 heterocycles. The van der Waals surface area contributed by atoms with Crippen LogP contribution in [0.5, 0.6) is 0 Å². The number of likely N-dealkylation sites (tertiary alicyclic amines) is 1. The normalized spacial score (nSPS) is 16.2. The van der Waals surface area contributed by atoms with Crippen LogP contribution in [0.25, 0.3) is 17.0 Å². The van der Waals surface area contributed by atoms with Gasteiger partial charge in [0.25, 0.3) is 0 Å². The van der Waals surface area contributed by atoms with Crippen molar-refractivity contribution in [3.63, 3.8) is 0 Å². The number of aromatic nitrogens is 1. The van der Waals surface area contributed by atoms with Crippen molar-refractivity contribution in [2.45, 2.75) is 38.5 Å². The summed E-state index contributed by atoms with van der Waals surface area (Å²) in [6.45, 7) is 3.18. The van der Waals surface area contributed by atoms with Crippen molar-refractivity contribution in [1.82, 2.24) is 9.88 Å². The third-order valence-electron chi connectivity index (χ3n) is 7.07. The van der Waals surface area contributed by atoms with Crippen molar-refractivity contribution in [2.75, 3.05) is 36.4 Å². The first-order valence-electron chi connectivity index (χ1n) is 13.2. The first kappa shape index (κ1) is 24.7. The number of hydrogen-bond acceptors (Lipinski definition) is 5. The molecule has 37 heavy (non-hydrogen) atoms. The number of piperidine rings is 2. The molecule has 0 aliphatic carbocycles. The van der Waals surface area contributed by atoms with Crippen molar-refractivity contribution >= 4 is 46.1 Å². The summed E-state index contributed by atoms with van der Waals surface area (Å²) in [4.78, 5) is 46.5. The zero-order valence-electron chi connectivity index (χ0n) is 21.0. The van der Waals surface area contributed by atoms with Gasteiger partial charge in [-0.3, -0.25) is 14.4 Å². The van der Waals surface area contributed by atoms with Crippen molar-refractivity contribution in [1.29, 1.82) is 0 Å². The Hall–Kier alpha value is -4.00. The summed E-state index contributed by atoms with van der Waals surface area (Å²) in [5, 5.41) is 3.69. The molecule has 2 aliphatic rings. The van der Waals surface area contributed by atoms with Crippen LogP contribution >= 0.6 is 0 Å². The fourth-order valence-corrected chi connectivity index (χ4v) is 5.01. The molecule has 2 saturated heterocycles. The summed E-state index contributed by atoms with van der Waals surface area (Å²) in [6.07, 6.45) is 9.89. The zero-order valence-corrected chi connectivity index (χ0v) is 21.0. The molecule has 7 heteroatoms. The number of allylic oxidation sites excluding steroid dienone is 1. The topological polar surface area (TPSA) is 82.6 Å². The van der Waals surface area contributed by atoms with Crippen molar-refractivity contribution in [3.8, 4) is 0 Å². The number of anilines is 2. The van der Waals surface area contributed by atoms with Crippen LogP contribution in [0.4, 0.5) is 11.5 Å². The number of ketones is 1. The summed E-state index contributed by atoms with van der Waals surface area (Å²) < 4.78 is 0. The van der Waals surface area contributed by atoms with Gasteiger partial charge in [-0.15, -0.1) is 0 Å². The second-order valence-corrected chi connectivity index (χ2v) is 9.72. The standard InChI is InChI=1S/C30H32N4O3/c35-27(22-11-14-25(15-12-22)31-29(36)30(37)34-19-7-2-8-20-34)16-13-24-21-23-9-3-4-10-26(23)32-28(24)33-17-5-1-6-18-33/h3-4,9-16,21H,1-2,5-8,17-20H2,(H,31,36). The Kier molecular flexibility index (Phi) is 7.59. The lowest BCUT2D eigenvalue weighted by Crippen LogP contribution is -2.42. The molecule has 1 N–H and O–H groups in total. The van der Waals surface area contributed by atoms with Gasteiger partial charge in [-0.1, -0.05) is 18.2 Å². The summed E-state index contributed by atoms with van der Waals surface area (Å²) in [5.41, 5.74) is 2.86. The Morgan fingerprint density at radius 3 is 2.22 bits per heavy atom. The van der Waals surface area contributed by atoms with Crippen molar-refractivity contribution < 1.29 is 14.4 Å². The molecule has 7 nitrogen and oxygen atoms in total. The summed E-state index contributed by atoms with van der Waals surface area (Å²) in [7, 11) is 0. The van der Waals surface area contributed by atoms with Gasteiger partial charge in [0, 0.05) is 48.4 Å². The third-order valence-corrected chi connectivity index (χ3v) is 7.07. The second kappa shape index (κ2) is 11.4.